The molecule has 2 nitrogen and oxygen atoms in total. The lowest BCUT2D eigenvalue weighted by atomic mass is 10.2. The van der Waals surface area contributed by atoms with Crippen molar-refractivity contribution < 1.29 is 4.74 Å². The number of hydrogen-bond donors (Lipinski definition) is 1. The number of rotatable bonds is 5. The second-order valence-electron chi connectivity index (χ2n) is 3.09. The molecule has 0 bridgehead atoms. The maximum Gasteiger partial charge on any atom is 0.0560 e. The van der Waals surface area contributed by atoms with Gasteiger partial charge >= 0.3 is 0 Å². The van der Waals surface area contributed by atoms with Crippen LogP contribution in [0.4, 0.5) is 5.69 Å². The molecule has 0 saturated heterocycles. The summed E-state index contributed by atoms with van der Waals surface area (Å²) < 4.78 is 5.26. The molecule has 0 aliphatic heterocycles. The lowest BCUT2D eigenvalue weighted by molar-refractivity contribution is 0.164. The fraction of sp³-hybridized carbons (Fsp3) is 0.455. The van der Waals surface area contributed by atoms with Crippen molar-refractivity contribution in [1.29, 1.82) is 0 Å². The van der Waals surface area contributed by atoms with Crippen molar-refractivity contribution in [2.75, 3.05) is 24.7 Å². The maximum atomic E-state index is 5.87. The molecule has 0 unspecified atom stereocenters. The summed E-state index contributed by atoms with van der Waals surface area (Å²) in [6, 6.07) is 6.16. The Hall–Kier alpha value is -0.670. The van der Waals surface area contributed by atoms with Gasteiger partial charge in [-0.15, -0.1) is 11.8 Å². The van der Waals surface area contributed by atoms with E-state index in [1.54, 1.807) is 11.8 Å². The lowest BCUT2D eigenvalue weighted by Crippen LogP contribution is -1.97. The average molecular weight is 211 g/mol. The minimum absolute atomic E-state index is 0.782. The van der Waals surface area contributed by atoms with E-state index in [9.17, 15) is 0 Å². The van der Waals surface area contributed by atoms with Crippen LogP contribution in [-0.4, -0.2) is 19.0 Å². The van der Waals surface area contributed by atoms with Gasteiger partial charge in [-0.2, -0.15) is 0 Å². The summed E-state index contributed by atoms with van der Waals surface area (Å²) in [7, 11) is 0. The third-order valence-corrected chi connectivity index (χ3v) is 2.91. The minimum atomic E-state index is 0.782. The normalized spacial score (nSPS) is 10.4. The maximum absolute atomic E-state index is 5.87. The third kappa shape index (κ3) is 3.60. The van der Waals surface area contributed by atoms with E-state index in [4.69, 9.17) is 10.5 Å². The second-order valence-corrected chi connectivity index (χ2v) is 4.22. The monoisotopic (exact) mass is 211 g/mol. The van der Waals surface area contributed by atoms with Crippen molar-refractivity contribution in [3.8, 4) is 0 Å². The zero-order valence-corrected chi connectivity index (χ0v) is 9.56. The van der Waals surface area contributed by atoms with E-state index >= 15 is 0 Å². The van der Waals surface area contributed by atoms with Gasteiger partial charge in [0.1, 0.15) is 0 Å². The second kappa shape index (κ2) is 5.94. The summed E-state index contributed by atoms with van der Waals surface area (Å²) in [6.07, 6.45) is 0. The largest absolute Gasteiger partial charge is 0.398 e. The summed E-state index contributed by atoms with van der Waals surface area (Å²) in [6.45, 7) is 5.62. The third-order valence-electron chi connectivity index (χ3n) is 1.85. The molecule has 1 aromatic rings. The molecule has 78 valence electrons. The molecule has 0 amide bonds. The van der Waals surface area contributed by atoms with Crippen molar-refractivity contribution in [2.45, 2.75) is 18.7 Å². The molecule has 0 spiro atoms. The highest BCUT2D eigenvalue weighted by atomic mass is 32.2. The number of thioether (sulfide) groups is 1. The quantitative estimate of drug-likeness (QED) is 0.462. The first-order chi connectivity index (χ1) is 6.74. The van der Waals surface area contributed by atoms with Crippen LogP contribution < -0.4 is 5.73 Å². The van der Waals surface area contributed by atoms with E-state index in [1.807, 2.05) is 19.9 Å². The molecule has 0 aromatic heterocycles. The van der Waals surface area contributed by atoms with Crippen molar-refractivity contribution >= 4 is 17.4 Å². The summed E-state index contributed by atoms with van der Waals surface area (Å²) in [5.41, 5.74) is 7.95. The Morgan fingerprint density at radius 1 is 1.43 bits per heavy atom. The molecule has 1 rings (SSSR count). The van der Waals surface area contributed by atoms with Crippen LogP contribution in [0.3, 0.4) is 0 Å². The Balaban J connectivity index is 2.42. The molecular weight excluding hydrogens is 194 g/mol. The molecule has 0 atom stereocenters. The Kier molecular flexibility index (Phi) is 4.84. The van der Waals surface area contributed by atoms with Gasteiger partial charge < -0.3 is 10.5 Å². The van der Waals surface area contributed by atoms with Crippen LogP contribution in [0.2, 0.25) is 0 Å². The number of hydrogen-bond acceptors (Lipinski definition) is 3. The van der Waals surface area contributed by atoms with Crippen LogP contribution in [-0.2, 0) is 4.74 Å². The fourth-order valence-electron chi connectivity index (χ4n) is 1.15. The first kappa shape index (κ1) is 11.4. The van der Waals surface area contributed by atoms with Gasteiger partial charge in [0.05, 0.1) is 6.61 Å². The highest BCUT2D eigenvalue weighted by molar-refractivity contribution is 7.99. The molecular formula is C11H17NOS. The van der Waals surface area contributed by atoms with Crippen LogP contribution in [0, 0.1) is 6.92 Å². The minimum Gasteiger partial charge on any atom is -0.398 e. The van der Waals surface area contributed by atoms with E-state index < -0.39 is 0 Å². The molecule has 3 heteroatoms. The van der Waals surface area contributed by atoms with Crippen LogP contribution in [0.1, 0.15) is 12.5 Å². The predicted molar refractivity (Wildman–Crippen MR) is 62.8 cm³/mol. The van der Waals surface area contributed by atoms with E-state index in [0.29, 0.717) is 0 Å². The van der Waals surface area contributed by atoms with E-state index in [2.05, 4.69) is 12.1 Å². The molecule has 2 N–H and O–H groups in total. The van der Waals surface area contributed by atoms with E-state index in [-0.39, 0.29) is 0 Å². The van der Waals surface area contributed by atoms with Crippen LogP contribution in [0.5, 0.6) is 0 Å². The van der Waals surface area contributed by atoms with Gasteiger partial charge in [-0.1, -0.05) is 6.07 Å². The van der Waals surface area contributed by atoms with Crippen LogP contribution >= 0.6 is 11.8 Å². The topological polar surface area (TPSA) is 35.2 Å². The van der Waals surface area contributed by atoms with Crippen molar-refractivity contribution in [1.82, 2.24) is 0 Å². The Morgan fingerprint density at radius 3 is 2.86 bits per heavy atom. The molecule has 14 heavy (non-hydrogen) atoms. The fourth-order valence-corrected chi connectivity index (χ4v) is 1.97. The average Bonchev–Trinajstić information content (AvgIpc) is 2.15. The highest BCUT2D eigenvalue weighted by Crippen LogP contribution is 2.25. The smallest absolute Gasteiger partial charge is 0.0560 e. The van der Waals surface area contributed by atoms with Crippen LogP contribution in [0.15, 0.2) is 23.1 Å². The zero-order valence-electron chi connectivity index (χ0n) is 8.75. The van der Waals surface area contributed by atoms with Gasteiger partial charge in [0.25, 0.3) is 0 Å². The van der Waals surface area contributed by atoms with E-state index in [1.165, 1.54) is 5.56 Å². The summed E-state index contributed by atoms with van der Waals surface area (Å²) >= 11 is 1.75. The molecule has 0 heterocycles. The Labute approximate surface area is 89.8 Å². The van der Waals surface area contributed by atoms with Crippen molar-refractivity contribution in [2.24, 2.45) is 0 Å². The Bertz CT molecular complexity index is 289. The number of nitrogens with two attached hydrogens (primary N) is 1. The molecule has 1 aromatic carbocycles. The molecule has 0 aliphatic rings. The van der Waals surface area contributed by atoms with Gasteiger partial charge in [-0.25, -0.2) is 0 Å². The van der Waals surface area contributed by atoms with Crippen molar-refractivity contribution in [3.05, 3.63) is 23.8 Å². The predicted octanol–water partition coefficient (Wildman–Crippen LogP) is 2.71. The summed E-state index contributed by atoms with van der Waals surface area (Å²) in [5, 5.41) is 0. The van der Waals surface area contributed by atoms with Gasteiger partial charge in [0, 0.05) is 22.9 Å². The van der Waals surface area contributed by atoms with Gasteiger partial charge in [0.2, 0.25) is 0 Å². The van der Waals surface area contributed by atoms with Crippen molar-refractivity contribution in [3.63, 3.8) is 0 Å². The SMILES string of the molecule is CCOCCSc1ccc(C)cc1N. The number of aryl methyl sites for hydroxylation is 1. The van der Waals surface area contributed by atoms with E-state index in [0.717, 1.165) is 29.5 Å². The molecule has 0 radical (unpaired) electrons. The molecule has 0 saturated carbocycles. The number of benzene rings is 1. The molecule has 0 aliphatic carbocycles. The zero-order chi connectivity index (χ0) is 10.4. The highest BCUT2D eigenvalue weighted by Gasteiger charge is 1.99. The standard InChI is InChI=1S/C11H17NOS/c1-3-13-6-7-14-11-5-4-9(2)8-10(11)12/h4-5,8H,3,6-7,12H2,1-2H3. The molecule has 0 fully saturated rings. The Morgan fingerprint density at radius 2 is 2.21 bits per heavy atom. The van der Waals surface area contributed by atoms with Gasteiger partial charge in [-0.3, -0.25) is 0 Å². The van der Waals surface area contributed by atoms with Crippen LogP contribution in [0.25, 0.3) is 0 Å². The number of ether oxygens (including phenoxy) is 1. The summed E-state index contributed by atoms with van der Waals surface area (Å²) in [4.78, 5) is 1.15. The number of nitrogen functional groups attached to an aromatic ring is 1. The van der Waals surface area contributed by atoms with Gasteiger partial charge in [-0.05, 0) is 31.5 Å². The lowest BCUT2D eigenvalue weighted by Gasteiger charge is -2.06. The first-order valence-electron chi connectivity index (χ1n) is 4.80. The van der Waals surface area contributed by atoms with Gasteiger partial charge in [0.15, 0.2) is 0 Å². The number of anilines is 1. The first-order valence-corrected chi connectivity index (χ1v) is 5.79. The summed E-state index contributed by atoms with van der Waals surface area (Å²) in [5.74, 6) is 0.959.